The van der Waals surface area contributed by atoms with Gasteiger partial charge in [0.2, 0.25) is 5.91 Å². The molecule has 0 bridgehead atoms. The molecule has 1 aliphatic rings. The van der Waals surface area contributed by atoms with Crippen LogP contribution in [0, 0.1) is 0 Å². The number of hydrogen-bond donors (Lipinski definition) is 1. The van der Waals surface area contributed by atoms with E-state index in [1.807, 2.05) is 11.5 Å². The molecule has 1 aliphatic carbocycles. The highest BCUT2D eigenvalue weighted by atomic mass is 32.2. The molecule has 5 nitrogen and oxygen atoms in total. The summed E-state index contributed by atoms with van der Waals surface area (Å²) in [5.74, 6) is 0.328. The van der Waals surface area contributed by atoms with E-state index in [-0.39, 0.29) is 11.9 Å². The molecule has 1 aromatic carbocycles. The van der Waals surface area contributed by atoms with Gasteiger partial charge in [0.15, 0.2) is 5.16 Å². The average Bonchev–Trinajstić information content (AvgIpc) is 3.07. The smallest absolute Gasteiger partial charge is 0.230 e. The van der Waals surface area contributed by atoms with Gasteiger partial charge in [-0.1, -0.05) is 36.0 Å². The lowest BCUT2D eigenvalue weighted by Crippen LogP contribution is -2.28. The number of carbonyl (C=O) groups excluding carboxylic acids is 1. The predicted molar refractivity (Wildman–Crippen MR) is 101 cm³/mol. The van der Waals surface area contributed by atoms with Gasteiger partial charge in [0.25, 0.3) is 0 Å². The summed E-state index contributed by atoms with van der Waals surface area (Å²) in [6.45, 7) is 6.39. The van der Waals surface area contributed by atoms with E-state index in [0.29, 0.717) is 12.3 Å². The summed E-state index contributed by atoms with van der Waals surface area (Å²) >= 11 is 1.39. The Morgan fingerprint density at radius 1 is 1.40 bits per heavy atom. The van der Waals surface area contributed by atoms with Crippen molar-refractivity contribution in [2.24, 2.45) is 0 Å². The lowest BCUT2D eigenvalue weighted by molar-refractivity contribution is -0.119. The van der Waals surface area contributed by atoms with Crippen LogP contribution in [0.25, 0.3) is 0 Å². The number of aromatic nitrogens is 3. The molecule has 1 unspecified atom stereocenters. The van der Waals surface area contributed by atoms with Crippen LogP contribution < -0.4 is 5.32 Å². The van der Waals surface area contributed by atoms with Gasteiger partial charge in [-0.15, -0.1) is 16.8 Å². The van der Waals surface area contributed by atoms with Crippen LogP contribution in [-0.2, 0) is 24.2 Å². The van der Waals surface area contributed by atoms with Gasteiger partial charge in [-0.25, -0.2) is 0 Å². The van der Waals surface area contributed by atoms with Crippen molar-refractivity contribution in [1.29, 1.82) is 0 Å². The first-order chi connectivity index (χ1) is 12.2. The number of thioether (sulfide) groups is 1. The van der Waals surface area contributed by atoms with Crippen molar-refractivity contribution < 1.29 is 4.79 Å². The number of nitrogens with one attached hydrogen (secondary N) is 1. The third kappa shape index (κ3) is 4.51. The quantitative estimate of drug-likeness (QED) is 0.611. The van der Waals surface area contributed by atoms with Crippen LogP contribution in [0.4, 0.5) is 0 Å². The number of aryl methyl sites for hydroxylation is 2. The maximum atomic E-state index is 12.3. The molecule has 6 heteroatoms. The third-order valence-corrected chi connectivity index (χ3v) is 5.47. The molecular weight excluding hydrogens is 332 g/mol. The molecule has 0 spiro atoms. The van der Waals surface area contributed by atoms with Crippen molar-refractivity contribution >= 4 is 17.7 Å². The number of benzene rings is 1. The monoisotopic (exact) mass is 356 g/mol. The van der Waals surface area contributed by atoms with Crippen molar-refractivity contribution in [2.45, 2.75) is 50.4 Å². The van der Waals surface area contributed by atoms with Crippen LogP contribution in [0.2, 0.25) is 0 Å². The second-order valence-electron chi connectivity index (χ2n) is 6.37. The van der Waals surface area contributed by atoms with Crippen LogP contribution >= 0.6 is 11.8 Å². The zero-order valence-corrected chi connectivity index (χ0v) is 15.4. The van der Waals surface area contributed by atoms with Gasteiger partial charge in [0.1, 0.15) is 6.33 Å². The second-order valence-corrected chi connectivity index (χ2v) is 7.31. The van der Waals surface area contributed by atoms with E-state index in [0.717, 1.165) is 11.6 Å². The molecule has 0 saturated carbocycles. The van der Waals surface area contributed by atoms with Crippen molar-refractivity contribution in [2.75, 3.05) is 5.75 Å². The Morgan fingerprint density at radius 3 is 3.00 bits per heavy atom. The number of fused-ring (bicyclic) bond motifs is 1. The van der Waals surface area contributed by atoms with E-state index >= 15 is 0 Å². The van der Waals surface area contributed by atoms with Gasteiger partial charge in [-0.2, -0.15) is 0 Å². The third-order valence-electron chi connectivity index (χ3n) is 4.49. The molecule has 0 saturated heterocycles. The van der Waals surface area contributed by atoms with E-state index in [4.69, 9.17) is 0 Å². The zero-order valence-electron chi connectivity index (χ0n) is 14.6. The molecule has 0 radical (unpaired) electrons. The Morgan fingerprint density at radius 2 is 2.20 bits per heavy atom. The van der Waals surface area contributed by atoms with Gasteiger partial charge in [0.05, 0.1) is 11.8 Å². The number of nitrogens with zero attached hydrogens (tertiary/aromatic N) is 3. The van der Waals surface area contributed by atoms with Crippen molar-refractivity contribution in [1.82, 2.24) is 20.1 Å². The molecular formula is C19H24N4OS. The van der Waals surface area contributed by atoms with Gasteiger partial charge in [-0.05, 0) is 49.3 Å². The molecule has 0 fully saturated rings. The number of carbonyl (C=O) groups is 1. The minimum atomic E-state index is 0.00312. The van der Waals surface area contributed by atoms with E-state index in [1.165, 1.54) is 47.7 Å². The van der Waals surface area contributed by atoms with Crippen LogP contribution in [0.1, 0.15) is 42.5 Å². The summed E-state index contributed by atoms with van der Waals surface area (Å²) in [5, 5.41) is 11.7. The molecule has 1 heterocycles. The summed E-state index contributed by atoms with van der Waals surface area (Å²) in [4.78, 5) is 12.3. The fraction of sp³-hybridized carbons (Fsp3) is 0.421. The summed E-state index contributed by atoms with van der Waals surface area (Å²) in [6, 6.07) is 6.63. The normalized spacial score (nSPS) is 14.6. The van der Waals surface area contributed by atoms with Crippen molar-refractivity contribution in [3.8, 4) is 0 Å². The van der Waals surface area contributed by atoms with E-state index in [2.05, 4.69) is 40.3 Å². The van der Waals surface area contributed by atoms with Gasteiger partial charge < -0.3 is 9.88 Å². The van der Waals surface area contributed by atoms with E-state index < -0.39 is 0 Å². The van der Waals surface area contributed by atoms with Gasteiger partial charge >= 0.3 is 0 Å². The molecule has 1 amide bonds. The summed E-state index contributed by atoms with van der Waals surface area (Å²) < 4.78 is 1.87. The molecule has 25 heavy (non-hydrogen) atoms. The molecule has 0 aliphatic heterocycles. The Labute approximate surface area is 152 Å². The number of hydrogen-bond acceptors (Lipinski definition) is 4. The molecule has 1 N–H and O–H groups in total. The Bertz CT molecular complexity index is 756. The molecule has 3 rings (SSSR count). The SMILES string of the molecule is C=CCn1cnnc1SCC(=O)NC(C)c1ccc2c(c1)CCCC2. The average molecular weight is 356 g/mol. The lowest BCUT2D eigenvalue weighted by atomic mass is 9.89. The van der Waals surface area contributed by atoms with Crippen molar-refractivity contribution in [3.63, 3.8) is 0 Å². The lowest BCUT2D eigenvalue weighted by Gasteiger charge is -2.20. The number of allylic oxidation sites excluding steroid dienone is 1. The Kier molecular flexibility index (Phi) is 5.91. The van der Waals surface area contributed by atoms with Crippen LogP contribution in [0.15, 0.2) is 42.3 Å². The standard InChI is InChI=1S/C19H24N4OS/c1-3-10-23-13-20-22-19(23)25-12-18(24)21-14(2)16-9-8-15-6-4-5-7-17(15)11-16/h3,8-9,11,13-14H,1,4-7,10,12H2,2H3,(H,21,24). The molecule has 1 atom stereocenters. The topological polar surface area (TPSA) is 59.8 Å². The fourth-order valence-corrected chi connectivity index (χ4v) is 3.88. The molecule has 132 valence electrons. The highest BCUT2D eigenvalue weighted by molar-refractivity contribution is 7.99. The van der Waals surface area contributed by atoms with Crippen molar-refractivity contribution in [3.05, 3.63) is 53.9 Å². The Hall–Kier alpha value is -2.08. The minimum Gasteiger partial charge on any atom is -0.349 e. The highest BCUT2D eigenvalue weighted by Crippen LogP contribution is 2.25. The van der Waals surface area contributed by atoms with Gasteiger partial charge in [0, 0.05) is 6.54 Å². The van der Waals surface area contributed by atoms with Crippen LogP contribution in [-0.4, -0.2) is 26.4 Å². The zero-order chi connectivity index (χ0) is 17.6. The minimum absolute atomic E-state index is 0.00312. The molecule has 2 aromatic rings. The van der Waals surface area contributed by atoms with Crippen LogP contribution in [0.5, 0.6) is 0 Å². The van der Waals surface area contributed by atoms with Gasteiger partial charge in [-0.3, -0.25) is 4.79 Å². The number of rotatable bonds is 7. The molecule has 1 aromatic heterocycles. The fourth-order valence-electron chi connectivity index (χ4n) is 3.14. The summed E-state index contributed by atoms with van der Waals surface area (Å²) in [5.41, 5.74) is 4.08. The predicted octanol–water partition coefficient (Wildman–Crippen LogP) is 3.31. The summed E-state index contributed by atoms with van der Waals surface area (Å²) in [6.07, 6.45) is 8.31. The second kappa shape index (κ2) is 8.34. The largest absolute Gasteiger partial charge is 0.349 e. The first-order valence-electron chi connectivity index (χ1n) is 8.70. The first-order valence-corrected chi connectivity index (χ1v) is 9.68. The van der Waals surface area contributed by atoms with E-state index in [9.17, 15) is 4.79 Å². The summed E-state index contributed by atoms with van der Waals surface area (Å²) in [7, 11) is 0. The van der Waals surface area contributed by atoms with E-state index in [1.54, 1.807) is 12.4 Å². The Balaban J connectivity index is 1.55. The highest BCUT2D eigenvalue weighted by Gasteiger charge is 2.15. The maximum absolute atomic E-state index is 12.3. The maximum Gasteiger partial charge on any atom is 0.230 e. The van der Waals surface area contributed by atoms with Crippen LogP contribution in [0.3, 0.4) is 0 Å². The number of amides is 1. The first kappa shape index (κ1) is 17.7.